The minimum atomic E-state index is -5.58. The maximum atomic E-state index is 12.8. The van der Waals surface area contributed by atoms with Gasteiger partial charge in [-0.3, -0.25) is 4.79 Å². The smallest absolute Gasteiger partial charge is 0.454 e. The number of alkyl halides is 3. The Labute approximate surface area is 140 Å². The van der Waals surface area contributed by atoms with Crippen molar-refractivity contribution in [3.8, 4) is 11.5 Å². The maximum Gasteiger partial charge on any atom is 0.502 e. The molecule has 0 saturated carbocycles. The van der Waals surface area contributed by atoms with Crippen LogP contribution < -0.4 is 4.74 Å². The van der Waals surface area contributed by atoms with Gasteiger partial charge in [0, 0.05) is 5.56 Å². The van der Waals surface area contributed by atoms with Gasteiger partial charge in [0.2, 0.25) is 0 Å². The maximum absolute atomic E-state index is 12.8. The zero-order chi connectivity index (χ0) is 18.1. The SMILES string of the molecule is CC(=O)c1ccc(Oc2ccccc2S(=O)(=O)C(F)(F)F)c(Cl)c1. The summed E-state index contributed by atoms with van der Waals surface area (Å²) in [5, 5.41) is -0.0399. The van der Waals surface area contributed by atoms with Crippen LogP contribution in [0.15, 0.2) is 47.4 Å². The van der Waals surface area contributed by atoms with E-state index in [2.05, 4.69) is 0 Å². The topological polar surface area (TPSA) is 60.4 Å². The summed E-state index contributed by atoms with van der Waals surface area (Å²) in [5.74, 6) is -0.859. The highest BCUT2D eigenvalue weighted by molar-refractivity contribution is 7.92. The fourth-order valence-electron chi connectivity index (χ4n) is 1.80. The Kier molecular flexibility index (Phi) is 4.91. The molecule has 2 rings (SSSR count). The predicted molar refractivity (Wildman–Crippen MR) is 81.2 cm³/mol. The average Bonchev–Trinajstić information content (AvgIpc) is 2.48. The molecule has 0 radical (unpaired) electrons. The van der Waals surface area contributed by atoms with Gasteiger partial charge in [0.25, 0.3) is 9.84 Å². The molecule has 0 heterocycles. The Morgan fingerprint density at radius 2 is 1.71 bits per heavy atom. The molecule has 9 heteroatoms. The van der Waals surface area contributed by atoms with E-state index in [4.69, 9.17) is 16.3 Å². The second kappa shape index (κ2) is 6.45. The Hall–Kier alpha value is -2.06. The minimum Gasteiger partial charge on any atom is -0.454 e. The van der Waals surface area contributed by atoms with Gasteiger partial charge >= 0.3 is 5.51 Å². The number of rotatable bonds is 4. The van der Waals surface area contributed by atoms with Crippen LogP contribution in [0.2, 0.25) is 5.02 Å². The molecule has 128 valence electrons. The van der Waals surface area contributed by atoms with Gasteiger partial charge in [0.15, 0.2) is 5.78 Å². The Morgan fingerprint density at radius 1 is 1.08 bits per heavy atom. The van der Waals surface area contributed by atoms with E-state index in [0.29, 0.717) is 0 Å². The Morgan fingerprint density at radius 3 is 2.25 bits per heavy atom. The number of hydrogen-bond donors (Lipinski definition) is 0. The summed E-state index contributed by atoms with van der Waals surface area (Å²) < 4.78 is 66.7. The highest BCUT2D eigenvalue weighted by atomic mass is 35.5. The summed E-state index contributed by atoms with van der Waals surface area (Å²) in [6.07, 6.45) is 0. The number of Topliss-reactive ketones (excluding diaryl/α,β-unsaturated/α-hetero) is 1. The third-order valence-electron chi connectivity index (χ3n) is 3.00. The van der Waals surface area contributed by atoms with Gasteiger partial charge in [-0.25, -0.2) is 8.42 Å². The zero-order valence-corrected chi connectivity index (χ0v) is 13.7. The minimum absolute atomic E-state index is 0.0399. The summed E-state index contributed by atoms with van der Waals surface area (Å²) in [5.41, 5.74) is -5.18. The molecular weight excluding hydrogens is 369 g/mol. The van der Waals surface area contributed by atoms with Crippen LogP contribution in [-0.2, 0) is 9.84 Å². The van der Waals surface area contributed by atoms with Crippen LogP contribution in [0.1, 0.15) is 17.3 Å². The number of hydrogen-bond acceptors (Lipinski definition) is 4. The molecule has 0 aliphatic heterocycles. The van der Waals surface area contributed by atoms with Gasteiger partial charge in [-0.05, 0) is 37.3 Å². The molecule has 0 aromatic heterocycles. The van der Waals surface area contributed by atoms with E-state index in [-0.39, 0.29) is 22.1 Å². The standard InChI is InChI=1S/C15H10ClF3O4S/c1-9(20)10-6-7-12(11(16)8-10)23-13-4-2-3-5-14(13)24(21,22)15(17,18)19/h2-8H,1H3. The predicted octanol–water partition coefficient (Wildman–Crippen LogP) is 4.63. The van der Waals surface area contributed by atoms with Crippen molar-refractivity contribution in [2.24, 2.45) is 0 Å². The third-order valence-corrected chi connectivity index (χ3v) is 4.82. The number of sulfone groups is 1. The fraction of sp³-hybridized carbons (Fsp3) is 0.133. The number of benzene rings is 2. The first-order valence-electron chi connectivity index (χ1n) is 6.43. The van der Waals surface area contributed by atoms with Crippen molar-refractivity contribution < 1.29 is 31.1 Å². The molecule has 0 fully saturated rings. The lowest BCUT2D eigenvalue weighted by Crippen LogP contribution is -2.23. The number of carbonyl (C=O) groups is 1. The van der Waals surface area contributed by atoms with Crippen molar-refractivity contribution in [1.82, 2.24) is 0 Å². The molecule has 4 nitrogen and oxygen atoms in total. The number of para-hydroxylation sites is 1. The lowest BCUT2D eigenvalue weighted by molar-refractivity contribution is -0.0437. The van der Waals surface area contributed by atoms with E-state index in [1.54, 1.807) is 0 Å². The molecule has 0 atom stereocenters. The molecule has 0 unspecified atom stereocenters. The summed E-state index contributed by atoms with van der Waals surface area (Å²) in [7, 11) is -5.58. The second-order valence-electron chi connectivity index (χ2n) is 4.70. The van der Waals surface area contributed by atoms with Crippen molar-refractivity contribution in [3.63, 3.8) is 0 Å². The van der Waals surface area contributed by atoms with Crippen LogP contribution >= 0.6 is 11.6 Å². The van der Waals surface area contributed by atoms with Crippen LogP contribution in [0.5, 0.6) is 11.5 Å². The van der Waals surface area contributed by atoms with Crippen molar-refractivity contribution >= 4 is 27.2 Å². The highest BCUT2D eigenvalue weighted by Crippen LogP contribution is 2.38. The molecule has 2 aromatic rings. The largest absolute Gasteiger partial charge is 0.502 e. The molecule has 0 aliphatic rings. The van der Waals surface area contributed by atoms with E-state index in [0.717, 1.165) is 18.2 Å². The summed E-state index contributed by atoms with van der Waals surface area (Å²) >= 11 is 5.93. The molecule has 0 bridgehead atoms. The summed E-state index contributed by atoms with van der Waals surface area (Å²) in [4.78, 5) is 10.2. The second-order valence-corrected chi connectivity index (χ2v) is 7.02. The normalized spacial score (nSPS) is 12.0. The Balaban J connectivity index is 2.48. The third kappa shape index (κ3) is 3.54. The quantitative estimate of drug-likeness (QED) is 0.728. The first-order chi connectivity index (χ1) is 11.0. The molecule has 24 heavy (non-hydrogen) atoms. The van der Waals surface area contributed by atoms with E-state index < -0.39 is 26.0 Å². The number of halogens is 4. The summed E-state index contributed by atoms with van der Waals surface area (Å²) in [6, 6.07) is 8.25. The monoisotopic (exact) mass is 378 g/mol. The van der Waals surface area contributed by atoms with Crippen LogP contribution in [0.25, 0.3) is 0 Å². The number of carbonyl (C=O) groups excluding carboxylic acids is 1. The van der Waals surface area contributed by atoms with Crippen LogP contribution in [-0.4, -0.2) is 19.7 Å². The van der Waals surface area contributed by atoms with Crippen LogP contribution in [0.3, 0.4) is 0 Å². The number of ketones is 1. The molecule has 0 spiro atoms. The van der Waals surface area contributed by atoms with Crippen LogP contribution in [0.4, 0.5) is 13.2 Å². The van der Waals surface area contributed by atoms with Gasteiger partial charge in [-0.2, -0.15) is 13.2 Å². The van der Waals surface area contributed by atoms with Crippen LogP contribution in [0, 0.1) is 0 Å². The molecule has 0 saturated heterocycles. The van der Waals surface area contributed by atoms with E-state index in [9.17, 15) is 26.4 Å². The van der Waals surface area contributed by atoms with E-state index >= 15 is 0 Å². The number of ether oxygens (including phenoxy) is 1. The van der Waals surface area contributed by atoms with E-state index in [1.807, 2.05) is 0 Å². The fourth-order valence-corrected chi connectivity index (χ4v) is 2.90. The molecular formula is C15H10ClF3O4S. The molecule has 0 amide bonds. The molecule has 0 aliphatic carbocycles. The van der Waals surface area contributed by atoms with Crippen molar-refractivity contribution in [2.45, 2.75) is 17.3 Å². The van der Waals surface area contributed by atoms with E-state index in [1.165, 1.54) is 31.2 Å². The van der Waals surface area contributed by atoms with Crippen molar-refractivity contribution in [1.29, 1.82) is 0 Å². The van der Waals surface area contributed by atoms with Gasteiger partial charge < -0.3 is 4.74 Å². The average molecular weight is 379 g/mol. The molecule has 2 aromatic carbocycles. The Bertz CT molecular complexity index is 892. The lowest BCUT2D eigenvalue weighted by atomic mass is 10.1. The first-order valence-corrected chi connectivity index (χ1v) is 8.29. The zero-order valence-electron chi connectivity index (χ0n) is 12.1. The lowest BCUT2D eigenvalue weighted by Gasteiger charge is -2.14. The van der Waals surface area contributed by atoms with Gasteiger partial charge in [-0.15, -0.1) is 0 Å². The van der Waals surface area contributed by atoms with Gasteiger partial charge in [-0.1, -0.05) is 23.7 Å². The van der Waals surface area contributed by atoms with Gasteiger partial charge in [0.05, 0.1) is 5.02 Å². The van der Waals surface area contributed by atoms with Crippen molar-refractivity contribution in [2.75, 3.05) is 0 Å². The van der Waals surface area contributed by atoms with Gasteiger partial charge in [0.1, 0.15) is 16.4 Å². The van der Waals surface area contributed by atoms with Crippen molar-refractivity contribution in [3.05, 3.63) is 53.1 Å². The molecule has 0 N–H and O–H groups in total. The summed E-state index contributed by atoms with van der Waals surface area (Å²) in [6.45, 7) is 1.32. The first kappa shape index (κ1) is 18.3. The highest BCUT2D eigenvalue weighted by Gasteiger charge is 2.48.